The van der Waals surface area contributed by atoms with Gasteiger partial charge in [-0.05, 0) is 40.6 Å². The molecule has 1 aromatic heterocycles. The molecular weight excluding hydrogens is 298 g/mol. The molecule has 118 valence electrons. The Morgan fingerprint density at radius 1 is 1.00 bits per heavy atom. The third-order valence-corrected chi connectivity index (χ3v) is 4.45. The molecule has 4 aromatic rings. The van der Waals surface area contributed by atoms with Gasteiger partial charge in [-0.1, -0.05) is 36.4 Å². The highest BCUT2D eigenvalue weighted by molar-refractivity contribution is 5.95. The van der Waals surface area contributed by atoms with Crippen LogP contribution in [0.4, 0.5) is 0 Å². The molecule has 0 aliphatic carbocycles. The first-order valence-corrected chi connectivity index (χ1v) is 7.91. The second kappa shape index (κ2) is 5.85. The number of aromatic amines is 1. The van der Waals surface area contributed by atoms with Crippen LogP contribution in [-0.2, 0) is 11.2 Å². The molecule has 3 aromatic carbocycles. The summed E-state index contributed by atoms with van der Waals surface area (Å²) in [6.45, 7) is 0. The van der Waals surface area contributed by atoms with Crippen LogP contribution in [0.3, 0.4) is 0 Å². The standard InChI is InChI=1S/C21H17NO2/c1-24-16-7-9-20-15(12-16)13-21(22-20)19-8-6-14-4-2-3-5-17(14)18(19)10-11-23/h2-9,11-13,22H,10H2,1H3. The van der Waals surface area contributed by atoms with Crippen molar-refractivity contribution in [2.24, 2.45) is 0 Å². The highest BCUT2D eigenvalue weighted by Crippen LogP contribution is 2.33. The number of H-pyrrole nitrogens is 1. The van der Waals surface area contributed by atoms with Gasteiger partial charge in [-0.3, -0.25) is 0 Å². The predicted octanol–water partition coefficient (Wildman–Crippen LogP) is 4.74. The van der Waals surface area contributed by atoms with E-state index in [1.165, 1.54) is 0 Å². The molecule has 0 fully saturated rings. The molecule has 0 aliphatic heterocycles. The van der Waals surface area contributed by atoms with Gasteiger partial charge in [0.1, 0.15) is 12.0 Å². The van der Waals surface area contributed by atoms with E-state index in [1.54, 1.807) is 7.11 Å². The number of fused-ring (bicyclic) bond motifs is 2. The van der Waals surface area contributed by atoms with Gasteiger partial charge < -0.3 is 14.5 Å². The molecule has 3 nitrogen and oxygen atoms in total. The molecule has 1 N–H and O–H groups in total. The number of hydrogen-bond acceptors (Lipinski definition) is 2. The molecule has 0 aliphatic rings. The Balaban J connectivity index is 1.95. The lowest BCUT2D eigenvalue weighted by molar-refractivity contribution is -0.107. The fraction of sp³-hybridized carbons (Fsp3) is 0.0952. The summed E-state index contributed by atoms with van der Waals surface area (Å²) in [5.41, 5.74) is 4.19. The van der Waals surface area contributed by atoms with E-state index in [0.717, 1.165) is 50.5 Å². The fourth-order valence-electron chi connectivity index (χ4n) is 3.27. The van der Waals surface area contributed by atoms with Gasteiger partial charge in [-0.25, -0.2) is 0 Å². The number of carbonyl (C=O) groups is 1. The molecular formula is C21H17NO2. The van der Waals surface area contributed by atoms with Gasteiger partial charge in [0.25, 0.3) is 0 Å². The zero-order chi connectivity index (χ0) is 16.5. The molecule has 3 heteroatoms. The average Bonchev–Trinajstić information content (AvgIpc) is 3.05. The summed E-state index contributed by atoms with van der Waals surface area (Å²) >= 11 is 0. The first-order valence-electron chi connectivity index (χ1n) is 7.91. The van der Waals surface area contributed by atoms with Crippen LogP contribution in [0, 0.1) is 0 Å². The fourth-order valence-corrected chi connectivity index (χ4v) is 3.27. The van der Waals surface area contributed by atoms with Gasteiger partial charge in [-0.2, -0.15) is 0 Å². The summed E-state index contributed by atoms with van der Waals surface area (Å²) in [4.78, 5) is 14.7. The number of rotatable bonds is 4. The van der Waals surface area contributed by atoms with E-state index in [1.807, 2.05) is 30.3 Å². The zero-order valence-electron chi connectivity index (χ0n) is 13.4. The van der Waals surface area contributed by atoms with Gasteiger partial charge in [0.05, 0.1) is 7.11 Å². The average molecular weight is 315 g/mol. The maximum absolute atomic E-state index is 11.2. The summed E-state index contributed by atoms with van der Waals surface area (Å²) in [5.74, 6) is 0.833. The largest absolute Gasteiger partial charge is 0.497 e. The van der Waals surface area contributed by atoms with Crippen molar-refractivity contribution in [3.8, 4) is 17.0 Å². The van der Waals surface area contributed by atoms with Crippen LogP contribution in [0.5, 0.6) is 5.75 Å². The molecule has 0 saturated heterocycles. The molecule has 0 spiro atoms. The van der Waals surface area contributed by atoms with Gasteiger partial charge in [0.15, 0.2) is 0 Å². The number of aldehydes is 1. The molecule has 1 heterocycles. The van der Waals surface area contributed by atoms with Crippen LogP contribution >= 0.6 is 0 Å². The number of hydrogen-bond donors (Lipinski definition) is 1. The van der Waals surface area contributed by atoms with E-state index in [4.69, 9.17) is 4.74 Å². The van der Waals surface area contributed by atoms with Crippen molar-refractivity contribution in [1.29, 1.82) is 0 Å². The Morgan fingerprint density at radius 2 is 1.88 bits per heavy atom. The first-order chi connectivity index (χ1) is 11.8. The predicted molar refractivity (Wildman–Crippen MR) is 97.6 cm³/mol. The normalized spacial score (nSPS) is 11.0. The lowest BCUT2D eigenvalue weighted by Gasteiger charge is -2.10. The second-order valence-corrected chi connectivity index (χ2v) is 5.82. The molecule has 24 heavy (non-hydrogen) atoms. The number of aromatic nitrogens is 1. The van der Waals surface area contributed by atoms with Crippen molar-refractivity contribution in [3.63, 3.8) is 0 Å². The van der Waals surface area contributed by atoms with Gasteiger partial charge in [-0.15, -0.1) is 0 Å². The number of nitrogens with one attached hydrogen (secondary N) is 1. The summed E-state index contributed by atoms with van der Waals surface area (Å²) in [6, 6.07) is 20.4. The Bertz CT molecular complexity index is 1050. The quantitative estimate of drug-likeness (QED) is 0.553. The number of carbonyl (C=O) groups excluding carboxylic acids is 1. The third kappa shape index (κ3) is 2.35. The van der Waals surface area contributed by atoms with E-state index in [-0.39, 0.29) is 0 Å². The van der Waals surface area contributed by atoms with Crippen LogP contribution in [-0.4, -0.2) is 18.4 Å². The molecule has 0 atom stereocenters. The van der Waals surface area contributed by atoms with E-state index in [0.29, 0.717) is 6.42 Å². The summed E-state index contributed by atoms with van der Waals surface area (Å²) in [7, 11) is 1.67. The van der Waals surface area contributed by atoms with Crippen molar-refractivity contribution < 1.29 is 9.53 Å². The summed E-state index contributed by atoms with van der Waals surface area (Å²) in [6.07, 6.45) is 1.37. The zero-order valence-corrected chi connectivity index (χ0v) is 13.4. The van der Waals surface area contributed by atoms with Crippen molar-refractivity contribution in [2.45, 2.75) is 6.42 Å². The number of benzene rings is 3. The molecule has 0 unspecified atom stereocenters. The smallest absolute Gasteiger partial charge is 0.124 e. The third-order valence-electron chi connectivity index (χ3n) is 4.45. The Morgan fingerprint density at radius 3 is 2.71 bits per heavy atom. The molecule has 0 radical (unpaired) electrons. The van der Waals surface area contributed by atoms with E-state index < -0.39 is 0 Å². The minimum atomic E-state index is 0.398. The van der Waals surface area contributed by atoms with Crippen molar-refractivity contribution in [2.75, 3.05) is 7.11 Å². The first kappa shape index (κ1) is 14.5. The minimum absolute atomic E-state index is 0.398. The Hall–Kier alpha value is -3.07. The summed E-state index contributed by atoms with van der Waals surface area (Å²) < 4.78 is 5.30. The number of ether oxygens (including phenoxy) is 1. The maximum atomic E-state index is 11.2. The minimum Gasteiger partial charge on any atom is -0.497 e. The Labute approximate surface area is 139 Å². The SMILES string of the molecule is COc1ccc2[nH]c(-c3ccc4ccccc4c3CC=O)cc2c1. The molecule has 4 rings (SSSR count). The molecule has 0 bridgehead atoms. The molecule has 0 amide bonds. The van der Waals surface area contributed by atoms with Crippen LogP contribution in [0.1, 0.15) is 5.56 Å². The van der Waals surface area contributed by atoms with Crippen LogP contribution < -0.4 is 4.74 Å². The topological polar surface area (TPSA) is 42.1 Å². The monoisotopic (exact) mass is 315 g/mol. The summed E-state index contributed by atoms with van der Waals surface area (Å²) in [5, 5.41) is 3.36. The lowest BCUT2D eigenvalue weighted by atomic mass is 9.95. The van der Waals surface area contributed by atoms with Crippen LogP contribution in [0.2, 0.25) is 0 Å². The van der Waals surface area contributed by atoms with Crippen molar-refractivity contribution in [3.05, 3.63) is 66.2 Å². The Kier molecular flexibility index (Phi) is 3.54. The van der Waals surface area contributed by atoms with E-state index in [9.17, 15) is 4.79 Å². The lowest BCUT2D eigenvalue weighted by Crippen LogP contribution is -1.93. The van der Waals surface area contributed by atoms with E-state index in [2.05, 4.69) is 35.3 Å². The van der Waals surface area contributed by atoms with Gasteiger partial charge >= 0.3 is 0 Å². The van der Waals surface area contributed by atoms with Crippen LogP contribution in [0.25, 0.3) is 32.9 Å². The highest BCUT2D eigenvalue weighted by Gasteiger charge is 2.12. The van der Waals surface area contributed by atoms with Gasteiger partial charge in [0.2, 0.25) is 0 Å². The van der Waals surface area contributed by atoms with Crippen LogP contribution in [0.15, 0.2) is 60.7 Å². The van der Waals surface area contributed by atoms with Crippen molar-refractivity contribution in [1.82, 2.24) is 4.98 Å². The van der Waals surface area contributed by atoms with Crippen molar-refractivity contribution >= 4 is 28.0 Å². The van der Waals surface area contributed by atoms with Gasteiger partial charge in [0, 0.05) is 28.6 Å². The second-order valence-electron chi connectivity index (χ2n) is 5.82. The van der Waals surface area contributed by atoms with E-state index >= 15 is 0 Å². The number of methoxy groups -OCH3 is 1. The maximum Gasteiger partial charge on any atom is 0.124 e. The molecule has 0 saturated carbocycles. The highest BCUT2D eigenvalue weighted by atomic mass is 16.5.